The minimum Gasteiger partial charge on any atom is -0.484 e. The van der Waals surface area contributed by atoms with Crippen LogP contribution in [0.5, 0.6) is 5.75 Å². The lowest BCUT2D eigenvalue weighted by atomic mass is 10.1. The number of fused-ring (bicyclic) bond motifs is 3. The van der Waals surface area contributed by atoms with Crippen molar-refractivity contribution in [3.63, 3.8) is 0 Å². The summed E-state index contributed by atoms with van der Waals surface area (Å²) >= 11 is 0. The topological polar surface area (TPSA) is 89.4 Å². The van der Waals surface area contributed by atoms with Gasteiger partial charge in [-0.25, -0.2) is 8.42 Å². The van der Waals surface area contributed by atoms with Crippen molar-refractivity contribution < 1.29 is 17.9 Å². The highest BCUT2D eigenvalue weighted by Gasteiger charge is 2.15. The summed E-state index contributed by atoms with van der Waals surface area (Å²) in [5.41, 5.74) is 3.44. The van der Waals surface area contributed by atoms with Gasteiger partial charge in [0.25, 0.3) is 15.9 Å². The van der Waals surface area contributed by atoms with E-state index in [1.165, 1.54) is 24.3 Å². The van der Waals surface area contributed by atoms with Crippen LogP contribution in [0.1, 0.15) is 6.92 Å². The Labute approximate surface area is 209 Å². The maximum Gasteiger partial charge on any atom is 0.262 e. The highest BCUT2D eigenvalue weighted by Crippen LogP contribution is 2.31. The number of nitrogens with one attached hydrogen (secondary N) is 2. The van der Waals surface area contributed by atoms with E-state index in [4.69, 9.17) is 4.74 Å². The van der Waals surface area contributed by atoms with Gasteiger partial charge in [0.15, 0.2) is 6.61 Å². The summed E-state index contributed by atoms with van der Waals surface area (Å²) in [6.07, 6.45) is 0. The van der Waals surface area contributed by atoms with Crippen LogP contribution in [-0.2, 0) is 21.4 Å². The van der Waals surface area contributed by atoms with Crippen molar-refractivity contribution in [1.82, 2.24) is 4.57 Å². The van der Waals surface area contributed by atoms with Crippen LogP contribution in [0.3, 0.4) is 0 Å². The molecular weight excluding hydrogens is 474 g/mol. The fourth-order valence-electron chi connectivity index (χ4n) is 4.25. The molecule has 5 aromatic rings. The van der Waals surface area contributed by atoms with Crippen molar-refractivity contribution in [2.24, 2.45) is 0 Å². The normalized spacial score (nSPS) is 11.5. The van der Waals surface area contributed by atoms with Gasteiger partial charge in [0.05, 0.1) is 4.90 Å². The number of rotatable bonds is 8. The zero-order chi connectivity index (χ0) is 25.1. The van der Waals surface area contributed by atoms with E-state index in [0.717, 1.165) is 28.4 Å². The first kappa shape index (κ1) is 23.4. The number of anilines is 2. The van der Waals surface area contributed by atoms with Crippen LogP contribution in [0.2, 0.25) is 0 Å². The molecule has 0 spiro atoms. The number of carbonyl (C=O) groups is 1. The van der Waals surface area contributed by atoms with E-state index in [1.807, 2.05) is 36.4 Å². The number of aromatic nitrogens is 1. The second kappa shape index (κ2) is 9.75. The fraction of sp³-hybridized carbons (Fsp3) is 0.107. The molecule has 1 heterocycles. The van der Waals surface area contributed by atoms with Crippen LogP contribution >= 0.6 is 0 Å². The predicted molar refractivity (Wildman–Crippen MR) is 143 cm³/mol. The SMILES string of the molecule is CCn1c2ccccc2c2cc(NC(=O)COc3ccc(S(=O)(=O)Nc4ccccc4)cc3)ccc21. The molecule has 7 nitrogen and oxygen atoms in total. The Kier molecular flexibility index (Phi) is 6.35. The first-order chi connectivity index (χ1) is 17.4. The summed E-state index contributed by atoms with van der Waals surface area (Å²) in [7, 11) is -3.72. The molecule has 0 aliphatic heterocycles. The van der Waals surface area contributed by atoms with Crippen LogP contribution in [0.25, 0.3) is 21.8 Å². The molecule has 0 atom stereocenters. The molecule has 2 N–H and O–H groups in total. The van der Waals surface area contributed by atoms with E-state index in [0.29, 0.717) is 17.1 Å². The molecule has 5 rings (SSSR count). The Morgan fingerprint density at radius 3 is 2.25 bits per heavy atom. The lowest BCUT2D eigenvalue weighted by Gasteiger charge is -2.10. The summed E-state index contributed by atoms with van der Waals surface area (Å²) in [5.74, 6) is 0.0845. The van der Waals surface area contributed by atoms with Crippen molar-refractivity contribution >= 4 is 49.1 Å². The molecule has 0 fully saturated rings. The Hall–Kier alpha value is -4.30. The van der Waals surface area contributed by atoms with Gasteiger partial charge in [-0.2, -0.15) is 0 Å². The third kappa shape index (κ3) is 4.76. The molecule has 0 saturated heterocycles. The zero-order valence-electron chi connectivity index (χ0n) is 19.6. The molecule has 1 aromatic heterocycles. The van der Waals surface area contributed by atoms with Gasteiger partial charge in [-0.15, -0.1) is 0 Å². The molecule has 182 valence electrons. The van der Waals surface area contributed by atoms with Crippen LogP contribution in [0.4, 0.5) is 11.4 Å². The number of nitrogens with zero attached hydrogens (tertiary/aromatic N) is 1. The summed E-state index contributed by atoms with van der Waals surface area (Å²) in [6.45, 7) is 2.76. The number of para-hydroxylation sites is 2. The molecule has 0 radical (unpaired) electrons. The van der Waals surface area contributed by atoms with Gasteiger partial charge >= 0.3 is 0 Å². The molecule has 0 aliphatic rings. The Bertz CT molecular complexity index is 1640. The van der Waals surface area contributed by atoms with E-state index in [-0.39, 0.29) is 17.4 Å². The molecule has 36 heavy (non-hydrogen) atoms. The fourth-order valence-corrected chi connectivity index (χ4v) is 5.31. The monoisotopic (exact) mass is 499 g/mol. The number of ether oxygens (including phenoxy) is 1. The van der Waals surface area contributed by atoms with E-state index < -0.39 is 10.0 Å². The summed E-state index contributed by atoms with van der Waals surface area (Å²) in [5, 5.41) is 5.09. The first-order valence-corrected chi connectivity index (χ1v) is 13.0. The van der Waals surface area contributed by atoms with Crippen LogP contribution in [-0.4, -0.2) is 25.5 Å². The Balaban J connectivity index is 1.24. The van der Waals surface area contributed by atoms with Crippen LogP contribution in [0.15, 0.2) is 102 Å². The first-order valence-electron chi connectivity index (χ1n) is 11.6. The van der Waals surface area contributed by atoms with Gasteiger partial charge in [-0.1, -0.05) is 36.4 Å². The smallest absolute Gasteiger partial charge is 0.262 e. The molecule has 0 bridgehead atoms. The molecule has 4 aromatic carbocycles. The number of hydrogen-bond donors (Lipinski definition) is 2. The van der Waals surface area contributed by atoms with E-state index in [1.54, 1.807) is 24.3 Å². The van der Waals surface area contributed by atoms with Crippen molar-refractivity contribution in [3.8, 4) is 5.75 Å². The number of aryl methyl sites for hydroxylation is 1. The van der Waals surface area contributed by atoms with E-state index in [2.05, 4.69) is 33.7 Å². The average molecular weight is 500 g/mol. The quantitative estimate of drug-likeness (QED) is 0.289. The van der Waals surface area contributed by atoms with Crippen molar-refractivity contribution in [1.29, 1.82) is 0 Å². The second-order valence-electron chi connectivity index (χ2n) is 8.27. The Morgan fingerprint density at radius 1 is 0.806 bits per heavy atom. The van der Waals surface area contributed by atoms with Crippen molar-refractivity contribution in [2.75, 3.05) is 16.6 Å². The lowest BCUT2D eigenvalue weighted by molar-refractivity contribution is -0.118. The minimum absolute atomic E-state index is 0.0997. The number of hydrogen-bond acceptors (Lipinski definition) is 4. The van der Waals surface area contributed by atoms with Crippen molar-refractivity contribution in [2.45, 2.75) is 18.4 Å². The third-order valence-electron chi connectivity index (χ3n) is 5.90. The number of sulfonamides is 1. The molecule has 0 saturated carbocycles. The highest BCUT2D eigenvalue weighted by molar-refractivity contribution is 7.92. The summed E-state index contributed by atoms with van der Waals surface area (Å²) in [4.78, 5) is 12.6. The average Bonchev–Trinajstić information content (AvgIpc) is 3.21. The van der Waals surface area contributed by atoms with Gasteiger partial charge in [0, 0.05) is 39.7 Å². The van der Waals surface area contributed by atoms with Crippen LogP contribution in [0, 0.1) is 0 Å². The highest BCUT2D eigenvalue weighted by atomic mass is 32.2. The van der Waals surface area contributed by atoms with Gasteiger partial charge in [-0.3, -0.25) is 9.52 Å². The Morgan fingerprint density at radius 2 is 1.50 bits per heavy atom. The largest absolute Gasteiger partial charge is 0.484 e. The molecular formula is C28H25N3O4S. The molecule has 0 unspecified atom stereocenters. The number of carbonyl (C=O) groups excluding carboxylic acids is 1. The van der Waals surface area contributed by atoms with Crippen LogP contribution < -0.4 is 14.8 Å². The van der Waals surface area contributed by atoms with E-state index in [9.17, 15) is 13.2 Å². The maximum absolute atomic E-state index is 12.6. The summed E-state index contributed by atoms with van der Waals surface area (Å²) in [6, 6.07) is 28.7. The molecule has 8 heteroatoms. The number of benzene rings is 4. The second-order valence-corrected chi connectivity index (χ2v) is 9.96. The summed E-state index contributed by atoms with van der Waals surface area (Å²) < 4.78 is 35.5. The van der Waals surface area contributed by atoms with Gasteiger partial charge in [-0.05, 0) is 67.6 Å². The maximum atomic E-state index is 12.6. The zero-order valence-corrected chi connectivity index (χ0v) is 20.5. The van der Waals surface area contributed by atoms with E-state index >= 15 is 0 Å². The van der Waals surface area contributed by atoms with Gasteiger partial charge < -0.3 is 14.6 Å². The number of amides is 1. The predicted octanol–water partition coefficient (Wildman–Crippen LogP) is 5.63. The van der Waals surface area contributed by atoms with Gasteiger partial charge in [0.1, 0.15) is 5.75 Å². The van der Waals surface area contributed by atoms with Crippen molar-refractivity contribution in [3.05, 3.63) is 97.1 Å². The molecule has 1 amide bonds. The minimum atomic E-state index is -3.72. The standard InChI is InChI=1S/C28H25N3O4S/c1-2-31-26-11-7-6-10-24(26)25-18-21(12-17-27(25)31)29-28(32)19-35-22-13-15-23(16-14-22)36(33,34)30-20-8-4-3-5-9-20/h3-18,30H,2,19H2,1H3,(H,29,32). The molecule has 0 aliphatic carbocycles. The third-order valence-corrected chi connectivity index (χ3v) is 7.30. The lowest BCUT2D eigenvalue weighted by Crippen LogP contribution is -2.20. The van der Waals surface area contributed by atoms with Gasteiger partial charge in [0.2, 0.25) is 0 Å².